The molecule has 15 nitrogen and oxygen atoms in total. The Bertz CT molecular complexity index is 1830. The minimum absolute atomic E-state index is 0.0339. The van der Waals surface area contributed by atoms with Crippen LogP contribution in [0.2, 0.25) is 0 Å². The second kappa shape index (κ2) is 18.5. The minimum Gasteiger partial charge on any atom is -0.493 e. The van der Waals surface area contributed by atoms with Crippen molar-refractivity contribution in [3.8, 4) is 22.6 Å². The van der Waals surface area contributed by atoms with Gasteiger partial charge in [-0.05, 0) is 54.6 Å². The number of nitrogens with one attached hydrogen (secondary N) is 2. The van der Waals surface area contributed by atoms with Gasteiger partial charge in [0.1, 0.15) is 18.8 Å². The van der Waals surface area contributed by atoms with Crippen molar-refractivity contribution in [2.75, 3.05) is 38.4 Å². The number of hydrogen-bond donors (Lipinski definition) is 4. The zero-order valence-corrected chi connectivity index (χ0v) is 31.5. The summed E-state index contributed by atoms with van der Waals surface area (Å²) < 4.78 is 22.6. The van der Waals surface area contributed by atoms with Crippen molar-refractivity contribution >= 4 is 51.0 Å². The molecule has 3 aromatic rings. The fourth-order valence-electron chi connectivity index (χ4n) is 6.21. The molecule has 3 aromatic carbocycles. The highest BCUT2D eigenvalue weighted by Gasteiger charge is 2.35. The summed E-state index contributed by atoms with van der Waals surface area (Å²) in [4.78, 5) is 63.1. The van der Waals surface area contributed by atoms with Crippen molar-refractivity contribution in [3.63, 3.8) is 0 Å². The third-order valence-electron chi connectivity index (χ3n) is 9.06. The number of primary amides is 1. The van der Waals surface area contributed by atoms with Crippen molar-refractivity contribution in [1.82, 2.24) is 10.6 Å². The second-order valence-corrected chi connectivity index (χ2v) is 15.3. The summed E-state index contributed by atoms with van der Waals surface area (Å²) in [6.07, 6.45) is -0.718. The summed E-state index contributed by atoms with van der Waals surface area (Å²) in [6, 6.07) is 17.7. The number of esters is 2. The van der Waals surface area contributed by atoms with Gasteiger partial charge in [-0.2, -0.15) is 0 Å². The number of carbonyl (C=O) groups is 4. The number of nitrogens with zero attached hydrogens (tertiary/aromatic N) is 1. The number of hydrogen-bond acceptors (Lipinski definition) is 14. The predicted molar refractivity (Wildman–Crippen MR) is 204 cm³/mol. The quantitative estimate of drug-likeness (QED) is 0.120. The normalized spacial score (nSPS) is 21.8. The molecule has 0 aromatic heterocycles. The molecule has 0 saturated carbocycles. The SMILES string of the molecule is COc1cc2c([N+](=O)[O-])cc1OCCCC(=O)NC(N)(C(N)=O)CSSCC(C(=O)OCC1c3ccccc3-c3ccccc31)NCCCC(=O)OC2C. The Morgan fingerprint density at radius 3 is 2.35 bits per heavy atom. The average molecular weight is 782 g/mol. The Balaban J connectivity index is 1.31. The van der Waals surface area contributed by atoms with E-state index in [1.807, 2.05) is 48.5 Å². The zero-order chi connectivity index (χ0) is 38.8. The van der Waals surface area contributed by atoms with Crippen LogP contribution in [0.15, 0.2) is 60.7 Å². The zero-order valence-electron chi connectivity index (χ0n) is 29.9. The summed E-state index contributed by atoms with van der Waals surface area (Å²) in [7, 11) is 3.74. The molecule has 1 aliphatic carbocycles. The second-order valence-electron chi connectivity index (χ2n) is 12.8. The van der Waals surface area contributed by atoms with E-state index in [0.29, 0.717) is 0 Å². The summed E-state index contributed by atoms with van der Waals surface area (Å²) in [6.45, 7) is 1.81. The van der Waals surface area contributed by atoms with Gasteiger partial charge in [0, 0.05) is 30.3 Å². The lowest BCUT2D eigenvalue weighted by molar-refractivity contribution is -0.386. The number of benzene rings is 3. The lowest BCUT2D eigenvalue weighted by atomic mass is 9.98. The van der Waals surface area contributed by atoms with Crippen LogP contribution < -0.4 is 31.6 Å². The van der Waals surface area contributed by atoms with E-state index in [0.717, 1.165) is 33.0 Å². The summed E-state index contributed by atoms with van der Waals surface area (Å²) >= 11 is 0. The minimum atomic E-state index is -1.89. The van der Waals surface area contributed by atoms with E-state index in [1.165, 1.54) is 37.0 Å². The molecule has 0 spiro atoms. The van der Waals surface area contributed by atoms with Crippen LogP contribution in [0.25, 0.3) is 11.1 Å². The average Bonchev–Trinajstić information content (AvgIpc) is 3.47. The number of ether oxygens (including phenoxy) is 4. The highest BCUT2D eigenvalue weighted by Crippen LogP contribution is 2.44. The first-order valence-corrected chi connectivity index (χ1v) is 19.8. The molecular formula is C37H43N5O10S2. The van der Waals surface area contributed by atoms with Gasteiger partial charge in [0.05, 0.1) is 30.3 Å². The Labute approximate surface area is 320 Å². The summed E-state index contributed by atoms with van der Waals surface area (Å²) in [5.41, 5.74) is 14.0. The van der Waals surface area contributed by atoms with Gasteiger partial charge in [-0.15, -0.1) is 0 Å². The van der Waals surface area contributed by atoms with Crippen molar-refractivity contribution in [1.29, 1.82) is 0 Å². The molecule has 0 fully saturated rings. The number of rotatable bonds is 6. The molecule has 17 heteroatoms. The van der Waals surface area contributed by atoms with Crippen LogP contribution in [0.4, 0.5) is 5.69 Å². The number of carbonyl (C=O) groups excluding carboxylic acids is 4. The largest absolute Gasteiger partial charge is 0.493 e. The van der Waals surface area contributed by atoms with E-state index in [1.54, 1.807) is 0 Å². The number of methoxy groups -OCH3 is 1. The lowest BCUT2D eigenvalue weighted by Gasteiger charge is -2.27. The van der Waals surface area contributed by atoms with Crippen LogP contribution in [0.3, 0.4) is 0 Å². The molecule has 3 atom stereocenters. The first-order chi connectivity index (χ1) is 25.9. The van der Waals surface area contributed by atoms with E-state index in [9.17, 15) is 29.3 Å². The molecule has 3 unspecified atom stereocenters. The van der Waals surface area contributed by atoms with E-state index < -0.39 is 46.5 Å². The van der Waals surface area contributed by atoms with Crippen LogP contribution >= 0.6 is 21.6 Å². The Morgan fingerprint density at radius 2 is 1.70 bits per heavy atom. The molecule has 0 radical (unpaired) electrons. The number of nitrogens with two attached hydrogens (primary N) is 2. The molecular weight excluding hydrogens is 739 g/mol. The first-order valence-electron chi connectivity index (χ1n) is 17.3. The van der Waals surface area contributed by atoms with E-state index in [4.69, 9.17) is 30.4 Å². The molecule has 2 amide bonds. The van der Waals surface area contributed by atoms with Gasteiger partial charge >= 0.3 is 11.9 Å². The van der Waals surface area contributed by atoms with Crippen LogP contribution in [0.1, 0.15) is 61.3 Å². The van der Waals surface area contributed by atoms with E-state index in [2.05, 4.69) is 10.6 Å². The van der Waals surface area contributed by atoms with Gasteiger partial charge < -0.3 is 41.0 Å². The summed E-state index contributed by atoms with van der Waals surface area (Å²) in [5.74, 6) is -2.48. The van der Waals surface area contributed by atoms with Gasteiger partial charge in [-0.1, -0.05) is 70.1 Å². The lowest BCUT2D eigenvalue weighted by Crippen LogP contribution is -2.65. The molecule has 288 valence electrons. The van der Waals surface area contributed by atoms with Crippen molar-refractivity contribution < 1.29 is 43.0 Å². The standard InChI is InChI=1S/C37H43N5O10S2/c1-22-27-17-31(49-2)32(18-30(27)42(47)48)50-16-8-13-33(43)41-37(39,36(38)46)21-54-53-20-29(40-15-7-14-34(44)52-22)35(45)51-19-28-25-11-5-3-9-23(25)24-10-4-6-12-26(24)28/h3-6,9-12,17-18,22,28-29,40H,7-8,13-16,19-21,39H2,1-2H3,(H2,38,46)(H,41,43). The number of amides is 2. The number of nitro benzene ring substituents is 1. The fourth-order valence-corrected chi connectivity index (χ4v) is 8.69. The molecule has 6 rings (SSSR count). The topological polar surface area (TPSA) is 224 Å². The number of fused-ring (bicyclic) bond motifs is 23. The van der Waals surface area contributed by atoms with Crippen LogP contribution in [-0.4, -0.2) is 78.8 Å². The highest BCUT2D eigenvalue weighted by molar-refractivity contribution is 8.76. The van der Waals surface area contributed by atoms with Crippen LogP contribution in [0, 0.1) is 10.1 Å². The molecule has 2 aliphatic heterocycles. The van der Waals surface area contributed by atoms with Gasteiger partial charge in [0.25, 0.3) is 11.6 Å². The van der Waals surface area contributed by atoms with E-state index >= 15 is 0 Å². The molecule has 3 aliphatic rings. The van der Waals surface area contributed by atoms with Gasteiger partial charge in [-0.3, -0.25) is 29.3 Å². The first kappa shape index (κ1) is 40.3. The number of nitro groups is 1. The molecule has 54 heavy (non-hydrogen) atoms. The smallest absolute Gasteiger partial charge is 0.324 e. The monoisotopic (exact) mass is 781 g/mol. The van der Waals surface area contributed by atoms with Crippen molar-refractivity contribution in [3.05, 3.63) is 87.5 Å². The van der Waals surface area contributed by atoms with Gasteiger partial charge in [0.15, 0.2) is 17.2 Å². The van der Waals surface area contributed by atoms with Crippen LogP contribution in [0.5, 0.6) is 11.5 Å². The van der Waals surface area contributed by atoms with E-state index in [-0.39, 0.29) is 85.6 Å². The Kier molecular flexibility index (Phi) is 13.8. The maximum absolute atomic E-state index is 13.6. The van der Waals surface area contributed by atoms with Crippen molar-refractivity contribution in [2.24, 2.45) is 11.5 Å². The maximum Gasteiger partial charge on any atom is 0.324 e. The Morgan fingerprint density at radius 1 is 1.02 bits per heavy atom. The van der Waals surface area contributed by atoms with Gasteiger partial charge in [-0.25, -0.2) is 0 Å². The maximum atomic E-state index is 13.6. The van der Waals surface area contributed by atoms with Gasteiger partial charge in [0.2, 0.25) is 5.91 Å². The molecule has 6 N–H and O–H groups in total. The Hall–Kier alpha value is -4.84. The molecule has 2 heterocycles. The fraction of sp³-hybridized carbons (Fsp3) is 0.405. The van der Waals surface area contributed by atoms with Crippen LogP contribution in [-0.2, 0) is 28.7 Å². The third-order valence-corrected chi connectivity index (χ3v) is 11.5. The van der Waals surface area contributed by atoms with Crippen molar-refractivity contribution in [2.45, 2.75) is 56.3 Å². The predicted octanol–water partition coefficient (Wildman–Crippen LogP) is 4.11. The summed E-state index contributed by atoms with van der Waals surface area (Å²) in [5, 5.41) is 17.7. The third kappa shape index (κ3) is 9.82. The molecule has 2 bridgehead atoms. The highest BCUT2D eigenvalue weighted by atomic mass is 33.1. The molecule has 0 saturated heterocycles.